The van der Waals surface area contributed by atoms with Crippen molar-refractivity contribution in [1.29, 1.82) is 0 Å². The molecule has 1 aromatic rings. The molecule has 0 aromatic heterocycles. The Labute approximate surface area is 139 Å². The number of amides is 1. The minimum atomic E-state index is -1.22. The number of carbonyl (C=O) groups is 2. The van der Waals surface area contributed by atoms with Gasteiger partial charge in [0.25, 0.3) is 0 Å². The van der Waals surface area contributed by atoms with Crippen molar-refractivity contribution in [3.63, 3.8) is 0 Å². The Bertz CT molecular complexity index is 618. The predicted octanol–water partition coefficient (Wildman–Crippen LogP) is 3.12. The lowest BCUT2D eigenvalue weighted by molar-refractivity contribution is -0.141. The molecule has 9 nitrogen and oxygen atoms in total. The van der Waals surface area contributed by atoms with Crippen LogP contribution in [0.25, 0.3) is 10.4 Å². The number of nitrogens with one attached hydrogen (secondary N) is 1. The van der Waals surface area contributed by atoms with Crippen molar-refractivity contribution in [2.75, 3.05) is 6.61 Å². The average molecular weight is 336 g/mol. The molecule has 24 heavy (non-hydrogen) atoms. The van der Waals surface area contributed by atoms with Gasteiger partial charge in [0.05, 0.1) is 13.2 Å². The van der Waals surface area contributed by atoms with Crippen LogP contribution in [0.15, 0.2) is 29.4 Å². The highest BCUT2D eigenvalue weighted by Crippen LogP contribution is 2.13. The Morgan fingerprint density at radius 1 is 1.33 bits per heavy atom. The van der Waals surface area contributed by atoms with E-state index in [1.54, 1.807) is 45.0 Å². The minimum absolute atomic E-state index is 0.149. The van der Waals surface area contributed by atoms with Crippen LogP contribution in [0.2, 0.25) is 0 Å². The van der Waals surface area contributed by atoms with E-state index in [0.29, 0.717) is 5.69 Å². The van der Waals surface area contributed by atoms with Crippen molar-refractivity contribution in [2.24, 2.45) is 5.11 Å². The third kappa shape index (κ3) is 7.48. The van der Waals surface area contributed by atoms with E-state index in [2.05, 4.69) is 15.3 Å². The number of benzene rings is 1. The highest BCUT2D eigenvalue weighted by atomic mass is 16.6. The van der Waals surface area contributed by atoms with E-state index in [-0.39, 0.29) is 13.2 Å². The molecule has 1 atom stereocenters. The summed E-state index contributed by atoms with van der Waals surface area (Å²) in [5.41, 5.74) is 8.84. The van der Waals surface area contributed by atoms with E-state index < -0.39 is 23.7 Å². The Morgan fingerprint density at radius 3 is 2.46 bits per heavy atom. The highest BCUT2D eigenvalue weighted by molar-refractivity contribution is 5.80. The van der Waals surface area contributed by atoms with Gasteiger partial charge in [-0.15, -0.1) is 0 Å². The van der Waals surface area contributed by atoms with Crippen molar-refractivity contribution in [2.45, 2.75) is 39.0 Å². The molecule has 0 saturated heterocycles. The second-order valence-electron chi connectivity index (χ2n) is 5.91. The quantitative estimate of drug-likeness (QED) is 0.448. The number of carbonyl (C=O) groups excluding carboxylic acids is 1. The number of aliphatic carboxylic acids is 1. The number of ether oxygens (including phenoxy) is 2. The molecular weight excluding hydrogens is 316 g/mol. The van der Waals surface area contributed by atoms with Gasteiger partial charge < -0.3 is 19.9 Å². The van der Waals surface area contributed by atoms with Gasteiger partial charge in [-0.1, -0.05) is 29.4 Å². The first kappa shape index (κ1) is 19.3. The van der Waals surface area contributed by atoms with Crippen molar-refractivity contribution < 1.29 is 24.2 Å². The molecule has 1 rings (SSSR count). The van der Waals surface area contributed by atoms with Gasteiger partial charge in [0.2, 0.25) is 0 Å². The zero-order chi connectivity index (χ0) is 18.2. The SMILES string of the molecule is CC(C)(C)OC(=O)N[C@@H](COCc1ccc(N=[N+]=[N-])cc1)C(=O)O. The molecule has 0 bridgehead atoms. The molecule has 0 radical (unpaired) electrons. The van der Waals surface area contributed by atoms with Crippen LogP contribution in [0.1, 0.15) is 26.3 Å². The molecule has 0 aliphatic rings. The Kier molecular flexibility index (Phi) is 7.03. The molecule has 130 valence electrons. The van der Waals surface area contributed by atoms with Gasteiger partial charge in [0.1, 0.15) is 5.60 Å². The largest absolute Gasteiger partial charge is 0.480 e. The van der Waals surface area contributed by atoms with E-state index in [1.165, 1.54) is 0 Å². The molecule has 0 aliphatic heterocycles. The fourth-order valence-corrected chi connectivity index (χ4v) is 1.63. The number of azide groups is 1. The van der Waals surface area contributed by atoms with Crippen molar-refractivity contribution in [3.05, 3.63) is 40.3 Å². The number of alkyl carbamates (subject to hydrolysis) is 1. The monoisotopic (exact) mass is 336 g/mol. The number of rotatable bonds is 7. The molecule has 0 aliphatic carbocycles. The summed E-state index contributed by atoms with van der Waals surface area (Å²) in [4.78, 5) is 25.4. The lowest BCUT2D eigenvalue weighted by Gasteiger charge is -2.22. The number of carboxylic acids is 1. The Morgan fingerprint density at radius 2 is 1.96 bits per heavy atom. The second kappa shape index (κ2) is 8.76. The molecule has 1 aromatic carbocycles. The molecule has 0 saturated carbocycles. The van der Waals surface area contributed by atoms with Gasteiger partial charge in [-0.25, -0.2) is 9.59 Å². The predicted molar refractivity (Wildman–Crippen MR) is 85.7 cm³/mol. The van der Waals surface area contributed by atoms with Gasteiger partial charge in [-0.3, -0.25) is 0 Å². The number of hydrogen-bond acceptors (Lipinski definition) is 5. The third-order valence-corrected chi connectivity index (χ3v) is 2.64. The fourth-order valence-electron chi connectivity index (χ4n) is 1.63. The Hall–Kier alpha value is -2.77. The molecule has 0 spiro atoms. The fraction of sp³-hybridized carbons (Fsp3) is 0.467. The summed E-state index contributed by atoms with van der Waals surface area (Å²) in [6.45, 7) is 4.97. The van der Waals surface area contributed by atoms with Crippen molar-refractivity contribution in [3.8, 4) is 0 Å². The van der Waals surface area contributed by atoms with Gasteiger partial charge in [-0.2, -0.15) is 0 Å². The molecule has 1 amide bonds. The van der Waals surface area contributed by atoms with E-state index in [1.807, 2.05) is 0 Å². The zero-order valence-corrected chi connectivity index (χ0v) is 13.7. The maximum atomic E-state index is 11.6. The molecule has 9 heteroatoms. The van der Waals surface area contributed by atoms with Crippen molar-refractivity contribution in [1.82, 2.24) is 5.32 Å². The second-order valence-corrected chi connectivity index (χ2v) is 5.91. The summed E-state index contributed by atoms with van der Waals surface area (Å²) in [5.74, 6) is -1.22. The smallest absolute Gasteiger partial charge is 0.408 e. The summed E-state index contributed by atoms with van der Waals surface area (Å²) in [7, 11) is 0. The van der Waals surface area contributed by atoms with Gasteiger partial charge >= 0.3 is 12.1 Å². The van der Waals surface area contributed by atoms with Crippen LogP contribution in [0.4, 0.5) is 10.5 Å². The third-order valence-electron chi connectivity index (χ3n) is 2.64. The molecule has 0 unspecified atom stereocenters. The van der Waals surface area contributed by atoms with Crippen LogP contribution >= 0.6 is 0 Å². The maximum Gasteiger partial charge on any atom is 0.408 e. The van der Waals surface area contributed by atoms with Crippen LogP contribution in [-0.2, 0) is 20.9 Å². The maximum absolute atomic E-state index is 11.6. The first-order valence-electron chi connectivity index (χ1n) is 7.15. The molecule has 2 N–H and O–H groups in total. The van der Waals surface area contributed by atoms with E-state index in [0.717, 1.165) is 5.56 Å². The van der Waals surface area contributed by atoms with Crippen LogP contribution in [0.3, 0.4) is 0 Å². The minimum Gasteiger partial charge on any atom is -0.480 e. The zero-order valence-electron chi connectivity index (χ0n) is 13.7. The van der Waals surface area contributed by atoms with Crippen LogP contribution in [0.5, 0.6) is 0 Å². The van der Waals surface area contributed by atoms with Crippen LogP contribution in [0, 0.1) is 0 Å². The summed E-state index contributed by atoms with van der Waals surface area (Å²) in [6, 6.07) is 5.41. The van der Waals surface area contributed by atoms with E-state index in [9.17, 15) is 9.59 Å². The summed E-state index contributed by atoms with van der Waals surface area (Å²) in [6.07, 6.45) is -0.822. The summed E-state index contributed by atoms with van der Waals surface area (Å²) < 4.78 is 10.3. The van der Waals surface area contributed by atoms with Gasteiger partial charge in [-0.05, 0) is 31.9 Å². The number of nitrogens with zero attached hydrogens (tertiary/aromatic N) is 3. The molecule has 0 heterocycles. The topological polar surface area (TPSA) is 134 Å². The lowest BCUT2D eigenvalue weighted by atomic mass is 10.2. The highest BCUT2D eigenvalue weighted by Gasteiger charge is 2.24. The number of carboxylic acid groups (broad SMARTS) is 1. The van der Waals surface area contributed by atoms with Gasteiger partial charge in [0, 0.05) is 10.6 Å². The van der Waals surface area contributed by atoms with Crippen LogP contribution in [-0.4, -0.2) is 35.4 Å². The first-order valence-corrected chi connectivity index (χ1v) is 7.15. The van der Waals surface area contributed by atoms with E-state index >= 15 is 0 Å². The van der Waals surface area contributed by atoms with Crippen molar-refractivity contribution >= 4 is 17.7 Å². The standard InChI is InChI=1S/C15H20N4O5/c1-15(2,3)24-14(22)17-12(13(20)21)9-23-8-10-4-6-11(7-5-10)18-19-16/h4-7,12H,8-9H2,1-3H3,(H,17,22)(H,20,21)/t12-/m0/s1. The Balaban J connectivity index is 2.50. The summed E-state index contributed by atoms with van der Waals surface area (Å²) >= 11 is 0. The normalized spacial score (nSPS) is 12.0. The van der Waals surface area contributed by atoms with Gasteiger partial charge in [0.15, 0.2) is 6.04 Å². The lowest BCUT2D eigenvalue weighted by Crippen LogP contribution is -2.46. The van der Waals surface area contributed by atoms with Crippen LogP contribution < -0.4 is 5.32 Å². The average Bonchev–Trinajstić information content (AvgIpc) is 2.46. The number of hydrogen-bond donors (Lipinski definition) is 2. The summed E-state index contributed by atoms with van der Waals surface area (Å²) in [5, 5.41) is 14.8. The molecule has 0 fully saturated rings. The van der Waals surface area contributed by atoms with E-state index in [4.69, 9.17) is 20.1 Å². The first-order chi connectivity index (χ1) is 11.2. The molecular formula is C15H20N4O5.